The molecule has 6 aromatic carbocycles. The molecule has 0 radical (unpaired) electrons. The van der Waals surface area contributed by atoms with E-state index in [0.717, 1.165) is 126 Å². The monoisotopic (exact) mass is 2290 g/mol. The zero-order valence-corrected chi connectivity index (χ0v) is 88.6. The number of carbonyl (C=O) groups excluding carboxylic acids is 2. The molecule has 2 aromatic heterocycles. The molecule has 32 nitrogen and oxygen atoms in total. The van der Waals surface area contributed by atoms with E-state index >= 15 is 0 Å². The molecule has 0 bridgehead atoms. The van der Waals surface area contributed by atoms with E-state index in [1.165, 1.54) is 185 Å². The third kappa shape index (κ3) is 57.7. The van der Waals surface area contributed by atoms with Crippen LogP contribution in [-0.2, 0) is 9.59 Å². The van der Waals surface area contributed by atoms with Gasteiger partial charge in [-0.15, -0.1) is 76.7 Å². The predicted molar refractivity (Wildman–Crippen MR) is 528 cm³/mol. The van der Waals surface area contributed by atoms with Gasteiger partial charge in [0.1, 0.15) is 11.6 Å². The van der Waals surface area contributed by atoms with Crippen LogP contribution in [-0.4, -0.2) is 256 Å². The van der Waals surface area contributed by atoms with Crippen LogP contribution < -0.4 is 110 Å². The maximum Gasteiger partial charge on any atom is 1.00 e. The number of aromatic hydroxyl groups is 1. The first-order chi connectivity index (χ1) is 66.0. The molecule has 0 unspecified atom stereocenters. The van der Waals surface area contributed by atoms with Crippen molar-refractivity contribution in [2.45, 2.75) is 136 Å². The van der Waals surface area contributed by atoms with Crippen molar-refractivity contribution in [3.8, 4) is 63.2 Å². The fourth-order valence-electron chi connectivity index (χ4n) is 13.5. The van der Waals surface area contributed by atoms with Crippen LogP contribution in [0.15, 0.2) is 147 Å². The third-order valence-corrected chi connectivity index (χ3v) is 21.5. The minimum atomic E-state index is -4.80. The summed E-state index contributed by atoms with van der Waals surface area (Å²) in [5.74, 6) is 1.33. The Labute approximate surface area is 881 Å². The normalized spacial score (nSPS) is 13.9. The number of phenolic OH excluding ortho intramolecular Hbond substituents is 1. The molecule has 0 saturated carbocycles. The summed E-state index contributed by atoms with van der Waals surface area (Å²) in [6.07, 6.45) is 0.582. The number of hydrogen-bond acceptors (Lipinski definition) is 29. The minimum Gasteiger partial charge on any atom is -0.870 e. The van der Waals surface area contributed by atoms with E-state index in [2.05, 4.69) is 138 Å². The molecule has 51 heteroatoms. The Bertz CT molecular complexity index is 4830. The first kappa shape index (κ1) is 129. The number of nitrogens with two attached hydrogens (primary N) is 2. The van der Waals surface area contributed by atoms with Gasteiger partial charge in [-0.1, -0.05) is 47.8 Å². The Morgan fingerprint density at radius 2 is 0.782 bits per heavy atom. The van der Waals surface area contributed by atoms with Gasteiger partial charge in [-0.3, -0.25) is 19.7 Å². The summed E-state index contributed by atoms with van der Waals surface area (Å²) < 4.78 is 199. The van der Waals surface area contributed by atoms with Gasteiger partial charge in [0.05, 0.1) is 45.6 Å². The number of halogens is 18. The Balaban J connectivity index is 0.000000560. The van der Waals surface area contributed by atoms with Crippen LogP contribution >= 0.6 is 83.4 Å². The number of nitrogens with zero attached hydrogens (tertiary/aromatic N) is 10. The number of nitro benzene ring substituents is 1. The number of hydrogen-bond donors (Lipinski definition) is 7. The number of likely N-dealkylation sites (tertiary alicyclic amines) is 5. The SMILES string of the molecule is CC(=O)Nc1ccc(OC(F)(F)F)c(OCCCN2CCCC2)c1.CC(N)=O.CNc1ccnc(Cl)n1.CNc1ccnc(Nc2ccc(OC(F)(F)F)c(OCCCN3CCCC3)c2)n1.COc1ccc(Br)cc1O.COc1ccc(Br)cc1[N+](=O)[O-].Cl.ClCCCN1CCCC1.FC(F)(F)Oc1ccc(Br)cc1OCCCN1CCCC1.Nc1ccc(OC(F)(F)F)c(OCCCN2CCCC2)c1.[Na+].[OH-]. The molecule has 5 fully saturated rings. The van der Waals surface area contributed by atoms with Gasteiger partial charge in [0, 0.05) is 127 Å². The second-order valence-electron chi connectivity index (χ2n) is 30.7. The van der Waals surface area contributed by atoms with Crippen LogP contribution in [0.25, 0.3) is 0 Å². The van der Waals surface area contributed by atoms with Crippen LogP contribution in [0, 0.1) is 10.1 Å². The van der Waals surface area contributed by atoms with E-state index < -0.39 is 36.1 Å². The number of nitrogens with one attached hydrogen (secondary N) is 4. The summed E-state index contributed by atoms with van der Waals surface area (Å²) >= 11 is 20.6. The number of methoxy groups -OCH3 is 2. The van der Waals surface area contributed by atoms with E-state index in [1.807, 2.05) is 0 Å². The fourth-order valence-corrected chi connectivity index (χ4v) is 14.8. The number of ether oxygens (including phenoxy) is 10. The summed E-state index contributed by atoms with van der Waals surface area (Å²) in [6, 6.07) is 29.1. The van der Waals surface area contributed by atoms with Gasteiger partial charge < -0.3 is 115 Å². The Kier molecular flexibility index (Phi) is 63.6. The average molecular weight is 2290 g/mol. The zero-order valence-electron chi connectivity index (χ0n) is 79.5. The molecule has 788 valence electrons. The van der Waals surface area contributed by atoms with Gasteiger partial charge >= 0.3 is 60.7 Å². The molecule has 0 aliphatic carbocycles. The van der Waals surface area contributed by atoms with Crippen molar-refractivity contribution in [1.82, 2.24) is 44.4 Å². The van der Waals surface area contributed by atoms with Crippen molar-refractivity contribution >= 4 is 136 Å². The molecule has 5 saturated heterocycles. The third-order valence-electron chi connectivity index (χ3n) is 19.6. The number of anilines is 6. The van der Waals surface area contributed by atoms with Gasteiger partial charge in [0.15, 0.2) is 63.2 Å². The van der Waals surface area contributed by atoms with E-state index in [9.17, 15) is 72.4 Å². The van der Waals surface area contributed by atoms with E-state index in [-0.39, 0.29) is 129 Å². The Morgan fingerprint density at radius 1 is 0.465 bits per heavy atom. The second kappa shape index (κ2) is 70.0. The number of rotatable bonds is 35. The first-order valence-corrected chi connectivity index (χ1v) is 47.5. The molecular formula is C91H121Br3Cl3F12N16NaO16. The number of alkyl halides is 13. The maximum absolute atomic E-state index is 12.7. The average Bonchev–Trinajstić information content (AvgIpc) is 1.03. The van der Waals surface area contributed by atoms with E-state index in [4.69, 9.17) is 62.5 Å². The number of nitro groups is 1. The molecule has 5 aliphatic heterocycles. The first-order valence-electron chi connectivity index (χ1n) is 44.2. The van der Waals surface area contributed by atoms with Crippen molar-refractivity contribution in [1.29, 1.82) is 0 Å². The van der Waals surface area contributed by atoms with Crippen LogP contribution in [0.1, 0.15) is 110 Å². The van der Waals surface area contributed by atoms with Gasteiger partial charge in [0.25, 0.3) is 0 Å². The smallest absolute Gasteiger partial charge is 0.870 e. The number of phenols is 1. The molecule has 10 N–H and O–H groups in total. The molecule has 142 heavy (non-hydrogen) atoms. The van der Waals surface area contributed by atoms with Crippen LogP contribution in [0.3, 0.4) is 0 Å². The number of primary amides is 1. The van der Waals surface area contributed by atoms with E-state index in [0.29, 0.717) is 69.8 Å². The van der Waals surface area contributed by atoms with Crippen molar-refractivity contribution < 1.29 is 155 Å². The fraction of sp³-hybridized carbons (Fsp3) is 0.495. The number of benzene rings is 6. The molecular weight excluding hydrogens is 2170 g/mol. The van der Waals surface area contributed by atoms with Crippen molar-refractivity contribution in [2.24, 2.45) is 5.73 Å². The molecule has 0 spiro atoms. The molecule has 8 aromatic rings. The number of carbonyl (C=O) groups is 2. The van der Waals surface area contributed by atoms with Crippen LogP contribution in [0.2, 0.25) is 5.28 Å². The van der Waals surface area contributed by atoms with Gasteiger partial charge in [-0.05, 0) is 277 Å². The topological polar surface area (TPSA) is 388 Å². The van der Waals surface area contributed by atoms with Crippen LogP contribution in [0.5, 0.6) is 63.2 Å². The summed E-state index contributed by atoms with van der Waals surface area (Å²) in [6.45, 7) is 19.8. The second-order valence-corrected chi connectivity index (χ2v) is 34.2. The number of nitrogen functional groups attached to an aromatic ring is 1. The van der Waals surface area contributed by atoms with Crippen molar-refractivity contribution in [2.75, 3.05) is 186 Å². The summed E-state index contributed by atoms with van der Waals surface area (Å²) in [7, 11) is 6.42. The zero-order chi connectivity index (χ0) is 102. The van der Waals surface area contributed by atoms with Gasteiger partial charge in [-0.25, -0.2) is 15.0 Å². The summed E-state index contributed by atoms with van der Waals surface area (Å²) in [5.41, 5.74) is 11.2. The molecule has 5 aliphatic rings. The molecule has 0 atom stereocenters. The minimum absolute atomic E-state index is 0. The number of amides is 2. The summed E-state index contributed by atoms with van der Waals surface area (Å²) in [5, 5.41) is 31.0. The predicted octanol–water partition coefficient (Wildman–Crippen LogP) is 18.8. The summed E-state index contributed by atoms with van der Waals surface area (Å²) in [4.78, 5) is 57.9. The molecule has 2 amide bonds. The van der Waals surface area contributed by atoms with Crippen LogP contribution in [0.4, 0.5) is 93.0 Å². The van der Waals surface area contributed by atoms with Crippen molar-refractivity contribution in [3.05, 3.63) is 163 Å². The van der Waals surface area contributed by atoms with E-state index in [1.54, 1.807) is 69.0 Å². The van der Waals surface area contributed by atoms with Gasteiger partial charge in [-0.2, -0.15) is 4.98 Å². The number of aromatic nitrogens is 4. The van der Waals surface area contributed by atoms with Crippen molar-refractivity contribution in [3.63, 3.8) is 0 Å². The molecule has 13 rings (SSSR count). The molecule has 7 heterocycles. The maximum atomic E-state index is 12.7. The van der Waals surface area contributed by atoms with Gasteiger partial charge in [0.2, 0.25) is 23.0 Å². The largest absolute Gasteiger partial charge is 1.00 e. The Morgan fingerprint density at radius 3 is 1.13 bits per heavy atom. The quantitative estimate of drug-likeness (QED) is 0.00283. The standard InChI is InChI=1S/C19H24F3N5O2.C16H21F3N2O3.C14H17BrF3NO2.C14H19F3N2O2.C7H6BrNO3.C7H7BrO2.C7H14ClN.C5H6ClN3.C2H5NO.ClH.Na.H2O/c1-23-17-7-8-24-18(26-17)25-14-5-6-15(29-19(20,21)22)16(13-14)28-12-4-11-27-9-2-3-10-27;1-12(22)20-13-5-6-14(24-16(17,18)19)15(11-13)23-10-4-9-21-7-2-3-8-21;15-11-4-5-12(21-14(16,17)18)13(10-11)20-9-3-8-19-6-1-2-7-19;15-14(16,17)21-12-5-4-11(18)10-13(12)20-9-3-8-19-6-1-2-7-19;1-12-7-3-2-5(8)4-6(7)9(10)11;1-10-7-3-2-5(8)4-6(7)9;8-4-3-7-9-5-1-2-6-9;1-7-4-2-3-8-5(6)9-4;1-2(3)4;;;/h5-8,13H,2-4,9-12H2,1H3,(H2,23,24,25,26);5-6,11H,2-4,7-10H2,1H3,(H,20,22);4-5,10H,1-3,6-9H2;4-5,10H,1-3,6-9,18H2;2-4H,1H3;2-4,9H,1H3;1-7H2;2-3H,1H3,(H,7,8,9);1H3,(H2,3,4);1H;;1H2/q;;;;;;;;;;+1;/p-1. The Hall–Kier alpha value is -8.95.